The van der Waals surface area contributed by atoms with E-state index < -0.39 is 10.0 Å². The first-order valence-electron chi connectivity index (χ1n) is 8.38. The number of nitrogens with one attached hydrogen (secondary N) is 1. The van der Waals surface area contributed by atoms with E-state index in [0.717, 1.165) is 11.3 Å². The molecule has 1 heterocycles. The molecule has 1 N–H and O–H groups in total. The van der Waals surface area contributed by atoms with E-state index in [1.54, 1.807) is 37.4 Å². The van der Waals surface area contributed by atoms with Gasteiger partial charge in [-0.2, -0.15) is 0 Å². The van der Waals surface area contributed by atoms with Gasteiger partial charge in [0.1, 0.15) is 11.5 Å². The zero-order chi connectivity index (χ0) is 19.7. The van der Waals surface area contributed by atoms with Crippen molar-refractivity contribution in [2.45, 2.75) is 4.90 Å². The molecule has 0 aliphatic heterocycles. The first-order chi connectivity index (χ1) is 13.4. The Balaban J connectivity index is 1.55. The number of hydrogen-bond donors (Lipinski definition) is 1. The Bertz CT molecular complexity index is 1290. The quantitative estimate of drug-likeness (QED) is 0.533. The van der Waals surface area contributed by atoms with Gasteiger partial charge in [0.25, 0.3) is 10.0 Å². The number of benzene rings is 3. The normalized spacial score (nSPS) is 11.5. The highest BCUT2D eigenvalue weighted by atomic mass is 32.2. The lowest BCUT2D eigenvalue weighted by Gasteiger charge is -2.10. The van der Waals surface area contributed by atoms with E-state index in [2.05, 4.69) is 4.72 Å². The van der Waals surface area contributed by atoms with Crippen LogP contribution in [-0.2, 0) is 17.1 Å². The number of thiazole rings is 1. The highest BCUT2D eigenvalue weighted by Crippen LogP contribution is 2.25. The van der Waals surface area contributed by atoms with Crippen LogP contribution in [0.2, 0.25) is 0 Å². The molecule has 0 unspecified atom stereocenters. The van der Waals surface area contributed by atoms with Crippen molar-refractivity contribution in [3.05, 3.63) is 82.5 Å². The summed E-state index contributed by atoms with van der Waals surface area (Å²) in [5.41, 5.74) is 1.12. The SMILES string of the molecule is Cn1c(=O)sc2cc(S(=O)(=O)Nc3ccc(Oc4ccccc4)cc3)ccc21. The van der Waals surface area contributed by atoms with E-state index in [-0.39, 0.29) is 9.77 Å². The number of ether oxygens (including phenoxy) is 1. The summed E-state index contributed by atoms with van der Waals surface area (Å²) < 4.78 is 35.8. The minimum atomic E-state index is -3.78. The molecule has 1 aromatic heterocycles. The summed E-state index contributed by atoms with van der Waals surface area (Å²) in [7, 11) is -2.12. The van der Waals surface area contributed by atoms with Crippen molar-refractivity contribution in [3.63, 3.8) is 0 Å². The number of aromatic nitrogens is 1. The van der Waals surface area contributed by atoms with E-state index in [1.165, 1.54) is 16.7 Å². The first-order valence-corrected chi connectivity index (χ1v) is 10.7. The molecule has 4 aromatic rings. The molecule has 0 spiro atoms. The Morgan fingerprint density at radius 2 is 1.61 bits per heavy atom. The molecule has 0 bridgehead atoms. The minimum absolute atomic E-state index is 0.103. The van der Waals surface area contributed by atoms with Crippen molar-refractivity contribution in [1.82, 2.24) is 4.57 Å². The van der Waals surface area contributed by atoms with Crippen molar-refractivity contribution >= 4 is 37.3 Å². The van der Waals surface area contributed by atoms with Gasteiger partial charge in [-0.1, -0.05) is 29.5 Å². The van der Waals surface area contributed by atoms with E-state index >= 15 is 0 Å². The number of rotatable bonds is 5. The van der Waals surface area contributed by atoms with Crippen molar-refractivity contribution in [2.24, 2.45) is 7.05 Å². The lowest BCUT2D eigenvalue weighted by atomic mass is 10.3. The Kier molecular flexibility index (Phi) is 4.66. The number of nitrogens with zero attached hydrogens (tertiary/aromatic N) is 1. The molecule has 3 aromatic carbocycles. The molecule has 0 atom stereocenters. The van der Waals surface area contributed by atoms with Crippen LogP contribution in [0.5, 0.6) is 11.5 Å². The van der Waals surface area contributed by atoms with Crippen LogP contribution in [0, 0.1) is 0 Å². The molecule has 28 heavy (non-hydrogen) atoms. The molecule has 0 fully saturated rings. The molecule has 0 saturated heterocycles. The Morgan fingerprint density at radius 3 is 2.32 bits per heavy atom. The molecule has 6 nitrogen and oxygen atoms in total. The fourth-order valence-corrected chi connectivity index (χ4v) is 4.79. The number of sulfonamides is 1. The molecule has 0 aliphatic carbocycles. The van der Waals surface area contributed by atoms with Crippen LogP contribution < -0.4 is 14.3 Å². The zero-order valence-corrected chi connectivity index (χ0v) is 16.5. The van der Waals surface area contributed by atoms with Gasteiger partial charge in [0.05, 0.1) is 15.1 Å². The van der Waals surface area contributed by atoms with Crippen molar-refractivity contribution in [2.75, 3.05) is 4.72 Å². The van der Waals surface area contributed by atoms with E-state index in [9.17, 15) is 13.2 Å². The number of hydrogen-bond acceptors (Lipinski definition) is 5. The number of para-hydroxylation sites is 1. The standard InChI is InChI=1S/C20H16N2O4S2/c1-22-18-12-11-17(13-19(18)27-20(22)23)28(24,25)21-14-7-9-16(10-8-14)26-15-5-3-2-4-6-15/h2-13,21H,1H3. The zero-order valence-electron chi connectivity index (χ0n) is 14.8. The van der Waals surface area contributed by atoms with E-state index in [0.29, 0.717) is 27.4 Å². The van der Waals surface area contributed by atoms with Gasteiger partial charge >= 0.3 is 4.87 Å². The maximum absolute atomic E-state index is 12.7. The number of aryl methyl sites for hydroxylation is 1. The first kappa shape index (κ1) is 18.3. The van der Waals surface area contributed by atoms with Crippen LogP contribution in [0.25, 0.3) is 10.2 Å². The fourth-order valence-electron chi connectivity index (χ4n) is 2.71. The molecular weight excluding hydrogens is 396 g/mol. The Morgan fingerprint density at radius 1 is 0.929 bits per heavy atom. The van der Waals surface area contributed by atoms with Crippen LogP contribution in [0.15, 0.2) is 82.5 Å². The average Bonchev–Trinajstić information content (AvgIpc) is 2.97. The number of anilines is 1. The topological polar surface area (TPSA) is 77.4 Å². The van der Waals surface area contributed by atoms with Crippen LogP contribution in [0.4, 0.5) is 5.69 Å². The second-order valence-electron chi connectivity index (χ2n) is 6.10. The second-order valence-corrected chi connectivity index (χ2v) is 8.78. The van der Waals surface area contributed by atoms with E-state index in [1.807, 2.05) is 30.3 Å². The summed E-state index contributed by atoms with van der Waals surface area (Å²) in [5.74, 6) is 1.30. The second kappa shape index (κ2) is 7.14. The third-order valence-electron chi connectivity index (χ3n) is 4.16. The van der Waals surface area contributed by atoms with Gasteiger partial charge in [0.15, 0.2) is 0 Å². The lowest BCUT2D eigenvalue weighted by molar-refractivity contribution is 0.483. The van der Waals surface area contributed by atoms with Crippen molar-refractivity contribution in [1.29, 1.82) is 0 Å². The lowest BCUT2D eigenvalue weighted by Crippen LogP contribution is -2.12. The van der Waals surface area contributed by atoms with Gasteiger partial charge in [-0.15, -0.1) is 0 Å². The number of fused-ring (bicyclic) bond motifs is 1. The monoisotopic (exact) mass is 412 g/mol. The molecule has 0 radical (unpaired) electrons. The average molecular weight is 412 g/mol. The van der Waals surface area contributed by atoms with Crippen LogP contribution >= 0.6 is 11.3 Å². The summed E-state index contributed by atoms with van der Waals surface area (Å²) in [6.07, 6.45) is 0. The van der Waals surface area contributed by atoms with Gasteiger partial charge in [-0.3, -0.25) is 9.52 Å². The summed E-state index contributed by atoms with van der Waals surface area (Å²) >= 11 is 1.02. The summed E-state index contributed by atoms with van der Waals surface area (Å²) in [6, 6.07) is 20.6. The smallest absolute Gasteiger partial charge is 0.307 e. The van der Waals surface area contributed by atoms with Gasteiger partial charge in [0.2, 0.25) is 0 Å². The minimum Gasteiger partial charge on any atom is -0.457 e. The fraction of sp³-hybridized carbons (Fsp3) is 0.0500. The van der Waals surface area contributed by atoms with Gasteiger partial charge in [0, 0.05) is 12.7 Å². The molecule has 142 valence electrons. The highest BCUT2D eigenvalue weighted by Gasteiger charge is 2.16. The van der Waals surface area contributed by atoms with Gasteiger partial charge in [-0.25, -0.2) is 8.42 Å². The molecule has 0 saturated carbocycles. The third-order valence-corrected chi connectivity index (χ3v) is 6.53. The molecule has 0 amide bonds. The molecular formula is C20H16N2O4S2. The van der Waals surface area contributed by atoms with E-state index in [4.69, 9.17) is 4.74 Å². The Labute approximate surface area is 165 Å². The van der Waals surface area contributed by atoms with Crippen LogP contribution in [0.1, 0.15) is 0 Å². The third kappa shape index (κ3) is 3.64. The molecule has 0 aliphatic rings. The highest BCUT2D eigenvalue weighted by molar-refractivity contribution is 7.92. The summed E-state index contributed by atoms with van der Waals surface area (Å²) in [6.45, 7) is 0. The maximum Gasteiger partial charge on any atom is 0.307 e. The Hall–Kier alpha value is -3.10. The predicted octanol–water partition coefficient (Wildman–Crippen LogP) is 4.19. The predicted molar refractivity (Wildman–Crippen MR) is 111 cm³/mol. The van der Waals surface area contributed by atoms with Crippen LogP contribution in [0.3, 0.4) is 0 Å². The van der Waals surface area contributed by atoms with Crippen molar-refractivity contribution < 1.29 is 13.2 Å². The molecule has 8 heteroatoms. The summed E-state index contributed by atoms with van der Waals surface area (Å²) in [5, 5.41) is 0. The van der Waals surface area contributed by atoms with Gasteiger partial charge in [-0.05, 0) is 54.6 Å². The van der Waals surface area contributed by atoms with Gasteiger partial charge < -0.3 is 9.30 Å². The van der Waals surface area contributed by atoms with Crippen LogP contribution in [-0.4, -0.2) is 13.0 Å². The van der Waals surface area contributed by atoms with Crippen molar-refractivity contribution in [3.8, 4) is 11.5 Å². The molecule has 4 rings (SSSR count). The summed E-state index contributed by atoms with van der Waals surface area (Å²) in [4.78, 5) is 11.7. The maximum atomic E-state index is 12.7. The largest absolute Gasteiger partial charge is 0.457 e.